The van der Waals surface area contributed by atoms with E-state index in [1.165, 1.54) is 75.0 Å². The van der Waals surface area contributed by atoms with E-state index in [0.29, 0.717) is 0 Å². The molecule has 0 saturated heterocycles. The zero-order valence-corrected chi connectivity index (χ0v) is 30.7. The van der Waals surface area contributed by atoms with Gasteiger partial charge in [0.05, 0.1) is 16.7 Å². The zero-order chi connectivity index (χ0) is 36.3. The summed E-state index contributed by atoms with van der Waals surface area (Å²) in [6.45, 7) is 0. The minimum absolute atomic E-state index is 1.09. The highest BCUT2D eigenvalue weighted by atomic mass is 32.1. The standard InChI is InChI=1S/C52H34N2S/c1-2-14-36-33-38(28-27-35(36)13-1)37-15-11-16-41(34-37)53(39-29-31-40(32-30-39)54-49-24-8-3-17-42(49)43-18-4-9-25-50(43)54)48-23-7-5-19-44(48)46-21-12-22-47-45-20-6-10-26-51(45)55-52(46)47/h1-34H. The average Bonchev–Trinajstić information content (AvgIpc) is 3.80. The summed E-state index contributed by atoms with van der Waals surface area (Å²) in [6.07, 6.45) is 0. The summed E-state index contributed by atoms with van der Waals surface area (Å²) in [5.41, 5.74) is 11.7. The van der Waals surface area contributed by atoms with Crippen LogP contribution in [0.2, 0.25) is 0 Å². The van der Waals surface area contributed by atoms with Crippen LogP contribution in [0.1, 0.15) is 0 Å². The van der Waals surface area contributed by atoms with E-state index < -0.39 is 0 Å². The van der Waals surface area contributed by atoms with Gasteiger partial charge in [0.15, 0.2) is 0 Å². The highest BCUT2D eigenvalue weighted by Gasteiger charge is 2.21. The van der Waals surface area contributed by atoms with Crippen molar-refractivity contribution in [2.24, 2.45) is 0 Å². The smallest absolute Gasteiger partial charge is 0.0541 e. The molecule has 55 heavy (non-hydrogen) atoms. The number of hydrogen-bond acceptors (Lipinski definition) is 2. The largest absolute Gasteiger partial charge is 0.310 e. The summed E-state index contributed by atoms with van der Waals surface area (Å²) >= 11 is 1.88. The molecule has 0 bridgehead atoms. The highest BCUT2D eigenvalue weighted by Crippen LogP contribution is 2.46. The van der Waals surface area contributed by atoms with Crippen molar-refractivity contribution in [3.8, 4) is 27.9 Å². The van der Waals surface area contributed by atoms with Crippen molar-refractivity contribution in [3.63, 3.8) is 0 Å². The molecule has 11 rings (SSSR count). The zero-order valence-electron chi connectivity index (χ0n) is 29.9. The van der Waals surface area contributed by atoms with E-state index in [0.717, 1.165) is 22.7 Å². The highest BCUT2D eigenvalue weighted by molar-refractivity contribution is 7.26. The number of hydrogen-bond donors (Lipinski definition) is 0. The fourth-order valence-electron chi connectivity index (χ4n) is 8.43. The summed E-state index contributed by atoms with van der Waals surface area (Å²) in [7, 11) is 0. The Kier molecular flexibility index (Phi) is 7.39. The summed E-state index contributed by atoms with van der Waals surface area (Å²) in [4.78, 5) is 2.43. The monoisotopic (exact) mass is 718 g/mol. The van der Waals surface area contributed by atoms with Crippen molar-refractivity contribution in [2.75, 3.05) is 4.90 Å². The van der Waals surface area contributed by atoms with Gasteiger partial charge in [-0.2, -0.15) is 0 Å². The molecule has 2 nitrogen and oxygen atoms in total. The summed E-state index contributed by atoms with van der Waals surface area (Å²) < 4.78 is 5.00. The fraction of sp³-hybridized carbons (Fsp3) is 0. The van der Waals surface area contributed by atoms with E-state index in [1.54, 1.807) is 0 Å². The maximum Gasteiger partial charge on any atom is 0.0541 e. The van der Waals surface area contributed by atoms with Gasteiger partial charge in [-0.1, -0.05) is 140 Å². The van der Waals surface area contributed by atoms with Crippen molar-refractivity contribution in [1.82, 2.24) is 4.57 Å². The molecule has 0 N–H and O–H groups in total. The molecule has 0 radical (unpaired) electrons. The van der Waals surface area contributed by atoms with E-state index in [1.807, 2.05) is 11.3 Å². The molecule has 2 aromatic heterocycles. The van der Waals surface area contributed by atoms with Crippen LogP contribution in [0.5, 0.6) is 0 Å². The van der Waals surface area contributed by atoms with Crippen molar-refractivity contribution in [3.05, 3.63) is 206 Å². The Morgan fingerprint density at radius 2 is 1.00 bits per heavy atom. The molecule has 0 aliphatic rings. The number of thiophene rings is 1. The topological polar surface area (TPSA) is 8.17 Å². The molecular formula is C52H34N2S. The summed E-state index contributed by atoms with van der Waals surface area (Å²) in [5, 5.41) is 7.62. The van der Waals surface area contributed by atoms with E-state index in [2.05, 4.69) is 216 Å². The van der Waals surface area contributed by atoms with Gasteiger partial charge in [0.25, 0.3) is 0 Å². The number of aromatic nitrogens is 1. The lowest BCUT2D eigenvalue weighted by Gasteiger charge is -2.28. The second-order valence-electron chi connectivity index (χ2n) is 14.1. The maximum atomic E-state index is 2.43. The molecule has 3 heteroatoms. The number of benzene rings is 9. The number of nitrogens with zero attached hydrogens (tertiary/aromatic N) is 2. The van der Waals surface area contributed by atoms with Crippen LogP contribution in [-0.2, 0) is 0 Å². The first-order valence-electron chi connectivity index (χ1n) is 18.8. The van der Waals surface area contributed by atoms with E-state index in [-0.39, 0.29) is 0 Å². The Balaban J connectivity index is 1.11. The Labute approximate surface area is 323 Å². The first kappa shape index (κ1) is 31.6. The van der Waals surface area contributed by atoms with Gasteiger partial charge in [-0.25, -0.2) is 0 Å². The molecule has 0 amide bonds. The molecule has 11 aromatic rings. The van der Waals surface area contributed by atoms with Crippen LogP contribution in [0.3, 0.4) is 0 Å². The Morgan fingerprint density at radius 1 is 0.382 bits per heavy atom. The predicted octanol–water partition coefficient (Wildman–Crippen LogP) is 15.1. The third kappa shape index (κ3) is 5.24. The molecule has 0 spiro atoms. The van der Waals surface area contributed by atoms with Crippen LogP contribution in [-0.4, -0.2) is 4.57 Å². The normalized spacial score (nSPS) is 11.6. The predicted molar refractivity (Wildman–Crippen MR) is 237 cm³/mol. The molecule has 0 aliphatic carbocycles. The molecule has 0 unspecified atom stereocenters. The molecule has 0 fully saturated rings. The fourth-order valence-corrected chi connectivity index (χ4v) is 9.66. The maximum absolute atomic E-state index is 2.43. The van der Waals surface area contributed by atoms with Crippen LogP contribution in [0.15, 0.2) is 206 Å². The lowest BCUT2D eigenvalue weighted by molar-refractivity contribution is 1.17. The van der Waals surface area contributed by atoms with Crippen LogP contribution in [0.4, 0.5) is 17.1 Å². The Hall–Kier alpha value is -6.94. The number of fused-ring (bicyclic) bond motifs is 7. The minimum Gasteiger partial charge on any atom is -0.310 e. The molecule has 9 aromatic carbocycles. The summed E-state index contributed by atoms with van der Waals surface area (Å²) in [5.74, 6) is 0. The second kappa shape index (κ2) is 12.9. The minimum atomic E-state index is 1.09. The number of anilines is 3. The van der Waals surface area contributed by atoms with Crippen molar-refractivity contribution in [1.29, 1.82) is 0 Å². The summed E-state index contributed by atoms with van der Waals surface area (Å²) in [6, 6.07) is 75.2. The quantitative estimate of drug-likeness (QED) is 0.166. The van der Waals surface area contributed by atoms with Crippen LogP contribution >= 0.6 is 11.3 Å². The molecule has 0 saturated carbocycles. The Morgan fingerprint density at radius 3 is 1.82 bits per heavy atom. The van der Waals surface area contributed by atoms with E-state index in [4.69, 9.17) is 0 Å². The third-order valence-electron chi connectivity index (χ3n) is 11.0. The first-order valence-corrected chi connectivity index (χ1v) is 19.6. The number of para-hydroxylation sites is 3. The van der Waals surface area contributed by atoms with Gasteiger partial charge in [-0.3, -0.25) is 0 Å². The van der Waals surface area contributed by atoms with E-state index >= 15 is 0 Å². The van der Waals surface area contributed by atoms with Crippen LogP contribution < -0.4 is 4.90 Å². The van der Waals surface area contributed by atoms with Crippen LogP contribution in [0.25, 0.3) is 80.7 Å². The molecule has 258 valence electrons. The van der Waals surface area contributed by atoms with Gasteiger partial charge in [-0.05, 0) is 88.6 Å². The van der Waals surface area contributed by atoms with Crippen molar-refractivity contribution >= 4 is 81.1 Å². The lowest BCUT2D eigenvalue weighted by Crippen LogP contribution is -2.11. The van der Waals surface area contributed by atoms with Crippen molar-refractivity contribution < 1.29 is 0 Å². The molecular weight excluding hydrogens is 685 g/mol. The Bertz CT molecular complexity index is 3170. The van der Waals surface area contributed by atoms with Gasteiger partial charge < -0.3 is 9.47 Å². The molecule has 0 aliphatic heterocycles. The van der Waals surface area contributed by atoms with Crippen LogP contribution in [0, 0.1) is 0 Å². The van der Waals surface area contributed by atoms with Gasteiger partial charge in [-0.15, -0.1) is 11.3 Å². The van der Waals surface area contributed by atoms with Gasteiger partial charge in [0.2, 0.25) is 0 Å². The first-order chi connectivity index (χ1) is 27.3. The van der Waals surface area contributed by atoms with Gasteiger partial charge >= 0.3 is 0 Å². The molecule has 0 atom stereocenters. The number of rotatable bonds is 6. The second-order valence-corrected chi connectivity index (χ2v) is 15.2. The van der Waals surface area contributed by atoms with Gasteiger partial charge in [0, 0.05) is 59.1 Å². The SMILES string of the molecule is c1cc(-c2ccc3ccccc3c2)cc(N(c2ccc(-n3c4ccccc4c4ccccc43)cc2)c2ccccc2-c2cccc3c2sc2ccccc23)c1. The van der Waals surface area contributed by atoms with E-state index in [9.17, 15) is 0 Å². The lowest BCUT2D eigenvalue weighted by atomic mass is 9.98. The molecule has 2 heterocycles. The average molecular weight is 719 g/mol. The van der Waals surface area contributed by atoms with Crippen molar-refractivity contribution in [2.45, 2.75) is 0 Å². The third-order valence-corrected chi connectivity index (χ3v) is 12.2. The van der Waals surface area contributed by atoms with Gasteiger partial charge in [0.1, 0.15) is 0 Å².